The summed E-state index contributed by atoms with van der Waals surface area (Å²) in [5.41, 5.74) is -0.195. The van der Waals surface area contributed by atoms with Gasteiger partial charge in [0, 0.05) is 12.7 Å². The lowest BCUT2D eigenvalue weighted by Crippen LogP contribution is -2.31. The second-order valence-corrected chi connectivity index (χ2v) is 8.29. The van der Waals surface area contributed by atoms with Crippen molar-refractivity contribution in [3.63, 3.8) is 0 Å². The number of halogens is 4. The monoisotopic (exact) mass is 493 g/mol. The number of hydrogen-bond acceptors (Lipinski definition) is 6. The van der Waals surface area contributed by atoms with E-state index >= 15 is 0 Å². The summed E-state index contributed by atoms with van der Waals surface area (Å²) in [6.07, 6.45) is -0.282. The van der Waals surface area contributed by atoms with Gasteiger partial charge in [-0.05, 0) is 55.8 Å². The summed E-state index contributed by atoms with van der Waals surface area (Å²) in [5, 5.41) is 7.15. The molecule has 2 aromatic heterocycles. The van der Waals surface area contributed by atoms with Crippen LogP contribution in [0, 0.1) is 0 Å². The Labute approximate surface area is 199 Å². The first-order chi connectivity index (χ1) is 16.3. The van der Waals surface area contributed by atoms with E-state index in [1.54, 1.807) is 7.11 Å². The topological polar surface area (TPSA) is 72.3 Å². The lowest BCUT2D eigenvalue weighted by molar-refractivity contribution is -0.137. The van der Waals surface area contributed by atoms with Crippen LogP contribution < -0.4 is 15.6 Å². The third-order valence-electron chi connectivity index (χ3n) is 5.76. The van der Waals surface area contributed by atoms with Crippen LogP contribution in [0.3, 0.4) is 0 Å². The van der Waals surface area contributed by atoms with Gasteiger partial charge in [0.25, 0.3) is 5.56 Å². The van der Waals surface area contributed by atoms with Crippen LogP contribution in [0.15, 0.2) is 53.6 Å². The van der Waals surface area contributed by atoms with Gasteiger partial charge < -0.3 is 10.1 Å². The van der Waals surface area contributed by atoms with Crippen molar-refractivity contribution in [3.05, 3.63) is 75.3 Å². The van der Waals surface area contributed by atoms with Crippen molar-refractivity contribution in [2.75, 3.05) is 32.1 Å². The van der Waals surface area contributed by atoms with Crippen LogP contribution in [0.25, 0.3) is 5.82 Å². The Hall–Kier alpha value is -3.11. The van der Waals surface area contributed by atoms with Gasteiger partial charge in [-0.15, -0.1) is 0 Å². The number of rotatable bonds is 7. The Morgan fingerprint density at radius 3 is 2.59 bits per heavy atom. The van der Waals surface area contributed by atoms with Crippen LogP contribution in [-0.4, -0.2) is 46.4 Å². The summed E-state index contributed by atoms with van der Waals surface area (Å²) in [7, 11) is 1.62. The number of benzene rings is 1. The zero-order valence-corrected chi connectivity index (χ0v) is 19.1. The quantitative estimate of drug-likeness (QED) is 0.520. The van der Waals surface area contributed by atoms with Gasteiger partial charge in [0.15, 0.2) is 5.82 Å². The number of pyridine rings is 1. The predicted octanol–water partition coefficient (Wildman–Crippen LogP) is 4.56. The van der Waals surface area contributed by atoms with Crippen LogP contribution >= 0.6 is 11.6 Å². The molecule has 0 amide bonds. The van der Waals surface area contributed by atoms with Crippen molar-refractivity contribution in [2.24, 2.45) is 0 Å². The van der Waals surface area contributed by atoms with E-state index < -0.39 is 17.3 Å². The summed E-state index contributed by atoms with van der Waals surface area (Å²) in [4.78, 5) is 18.8. The molecule has 1 fully saturated rings. The SMILES string of the molecule is COc1cccc([C@H](CNc2cnn(-c3ccc(C(F)(F)F)cn3)c(=O)c2Cl)N2CCCC2)c1. The smallest absolute Gasteiger partial charge is 0.417 e. The van der Waals surface area contributed by atoms with E-state index in [1.807, 2.05) is 24.3 Å². The van der Waals surface area contributed by atoms with E-state index in [1.165, 1.54) is 6.20 Å². The van der Waals surface area contributed by atoms with Crippen molar-refractivity contribution in [1.29, 1.82) is 0 Å². The van der Waals surface area contributed by atoms with Crippen LogP contribution in [0.5, 0.6) is 5.75 Å². The molecule has 0 spiro atoms. The minimum absolute atomic E-state index is 0.0210. The first kappa shape index (κ1) is 24.0. The zero-order chi connectivity index (χ0) is 24.3. The molecule has 180 valence electrons. The van der Waals surface area contributed by atoms with Crippen molar-refractivity contribution >= 4 is 17.3 Å². The van der Waals surface area contributed by atoms with Crippen LogP contribution in [0.2, 0.25) is 5.02 Å². The maximum atomic E-state index is 12.8. The molecule has 7 nitrogen and oxygen atoms in total. The molecule has 1 saturated heterocycles. The van der Waals surface area contributed by atoms with Gasteiger partial charge >= 0.3 is 6.18 Å². The van der Waals surface area contributed by atoms with E-state index in [2.05, 4.69) is 20.3 Å². The second-order valence-electron chi connectivity index (χ2n) is 7.91. The third-order valence-corrected chi connectivity index (χ3v) is 6.12. The van der Waals surface area contributed by atoms with E-state index in [0.717, 1.165) is 54.1 Å². The fourth-order valence-corrected chi connectivity index (χ4v) is 4.16. The number of methoxy groups -OCH3 is 1. The Morgan fingerprint density at radius 1 is 1.18 bits per heavy atom. The van der Waals surface area contributed by atoms with Gasteiger partial charge in [0.1, 0.15) is 10.8 Å². The fourth-order valence-electron chi connectivity index (χ4n) is 3.96. The Balaban J connectivity index is 1.56. The van der Waals surface area contributed by atoms with Gasteiger partial charge in [-0.3, -0.25) is 9.69 Å². The average molecular weight is 494 g/mol. The molecule has 0 saturated carbocycles. The number of likely N-dealkylation sites (tertiary alicyclic amines) is 1. The number of hydrogen-bond donors (Lipinski definition) is 1. The molecule has 1 atom stereocenters. The Bertz CT molecular complexity index is 1190. The molecule has 1 aromatic carbocycles. The fraction of sp³-hybridized carbons (Fsp3) is 0.348. The summed E-state index contributed by atoms with van der Waals surface area (Å²) in [5.74, 6) is 0.700. The number of nitrogens with zero attached hydrogens (tertiary/aromatic N) is 4. The maximum Gasteiger partial charge on any atom is 0.417 e. The summed E-state index contributed by atoms with van der Waals surface area (Å²) >= 11 is 6.31. The normalized spacial score (nSPS) is 15.3. The zero-order valence-electron chi connectivity index (χ0n) is 18.3. The molecule has 0 bridgehead atoms. The average Bonchev–Trinajstić information content (AvgIpc) is 3.36. The van der Waals surface area contributed by atoms with E-state index in [4.69, 9.17) is 16.3 Å². The Morgan fingerprint density at radius 2 is 1.94 bits per heavy atom. The molecule has 11 heteroatoms. The van der Waals surface area contributed by atoms with Crippen molar-refractivity contribution in [1.82, 2.24) is 19.7 Å². The van der Waals surface area contributed by atoms with Gasteiger partial charge in [-0.1, -0.05) is 23.7 Å². The van der Waals surface area contributed by atoms with Gasteiger partial charge in [-0.25, -0.2) is 4.98 Å². The minimum atomic E-state index is -4.52. The molecule has 34 heavy (non-hydrogen) atoms. The number of ether oxygens (including phenoxy) is 1. The molecule has 0 unspecified atom stereocenters. The molecule has 1 aliphatic rings. The summed E-state index contributed by atoms with van der Waals surface area (Å²) < 4.78 is 44.6. The first-order valence-electron chi connectivity index (χ1n) is 10.7. The van der Waals surface area contributed by atoms with E-state index in [9.17, 15) is 18.0 Å². The van der Waals surface area contributed by atoms with Gasteiger partial charge in [-0.2, -0.15) is 23.0 Å². The highest BCUT2D eigenvalue weighted by molar-refractivity contribution is 6.32. The second kappa shape index (κ2) is 10.0. The third kappa shape index (κ3) is 5.18. The first-order valence-corrected chi connectivity index (χ1v) is 11.1. The lowest BCUT2D eigenvalue weighted by atomic mass is 10.0. The van der Waals surface area contributed by atoms with Crippen LogP contribution in [-0.2, 0) is 6.18 Å². The number of nitrogens with one attached hydrogen (secondary N) is 1. The minimum Gasteiger partial charge on any atom is -0.497 e. The molecule has 3 heterocycles. The predicted molar refractivity (Wildman–Crippen MR) is 123 cm³/mol. The molecule has 1 N–H and O–H groups in total. The van der Waals surface area contributed by atoms with Crippen molar-refractivity contribution < 1.29 is 17.9 Å². The van der Waals surface area contributed by atoms with E-state index in [0.29, 0.717) is 18.4 Å². The number of alkyl halides is 3. The van der Waals surface area contributed by atoms with Gasteiger partial charge in [0.05, 0.1) is 30.6 Å². The largest absolute Gasteiger partial charge is 0.497 e. The molecule has 1 aliphatic heterocycles. The van der Waals surface area contributed by atoms with E-state index in [-0.39, 0.29) is 16.9 Å². The molecule has 4 rings (SSSR count). The number of aromatic nitrogens is 3. The molecule has 3 aromatic rings. The Kier molecular flexibility index (Phi) is 7.08. The molecule has 0 aliphatic carbocycles. The number of anilines is 1. The van der Waals surface area contributed by atoms with Crippen LogP contribution in [0.4, 0.5) is 18.9 Å². The highest BCUT2D eigenvalue weighted by Crippen LogP contribution is 2.30. The van der Waals surface area contributed by atoms with Crippen LogP contribution in [0.1, 0.15) is 30.0 Å². The molecule has 0 radical (unpaired) electrons. The van der Waals surface area contributed by atoms with Gasteiger partial charge in [0.2, 0.25) is 0 Å². The summed E-state index contributed by atoms with van der Waals surface area (Å²) in [6, 6.07) is 9.77. The molecular formula is C23H23ClF3N5O2. The van der Waals surface area contributed by atoms with Crippen molar-refractivity contribution in [3.8, 4) is 11.6 Å². The standard InChI is InChI=1S/C23H23ClF3N5O2/c1-34-17-6-4-5-15(11-17)19(31-9-2-3-10-31)14-28-18-13-30-32(22(33)21(18)24)20-8-7-16(12-29-20)23(25,26)27/h4-8,11-13,19,28H,2-3,9-10,14H2,1H3/t19-/m0/s1. The highest BCUT2D eigenvalue weighted by atomic mass is 35.5. The molecular weight excluding hydrogens is 471 g/mol. The maximum absolute atomic E-state index is 12.8. The summed E-state index contributed by atoms with van der Waals surface area (Å²) in [6.45, 7) is 2.38. The highest BCUT2D eigenvalue weighted by Gasteiger charge is 2.31. The lowest BCUT2D eigenvalue weighted by Gasteiger charge is -2.29. The van der Waals surface area contributed by atoms with Crippen molar-refractivity contribution in [2.45, 2.75) is 25.1 Å².